The maximum absolute atomic E-state index is 11.7. The lowest BCUT2D eigenvalue weighted by atomic mass is 10.2. The van der Waals surface area contributed by atoms with Gasteiger partial charge in [-0.15, -0.1) is 0 Å². The summed E-state index contributed by atoms with van der Waals surface area (Å²) in [5.74, 6) is 0.460. The van der Waals surface area contributed by atoms with Crippen LogP contribution in [0.4, 0.5) is 0 Å². The predicted octanol–water partition coefficient (Wildman–Crippen LogP) is 2.05. The molecule has 0 spiro atoms. The summed E-state index contributed by atoms with van der Waals surface area (Å²) < 4.78 is 1.81. The molecular weight excluding hydrogens is 188 g/mol. The zero-order valence-electron chi connectivity index (χ0n) is 8.97. The van der Waals surface area contributed by atoms with Crippen LogP contribution in [0, 0.1) is 5.92 Å². The lowest BCUT2D eigenvalue weighted by Crippen LogP contribution is -2.21. The first-order valence-corrected chi connectivity index (χ1v) is 5.12. The summed E-state index contributed by atoms with van der Waals surface area (Å²) in [6, 6.07) is 5.31. The summed E-state index contributed by atoms with van der Waals surface area (Å²) in [5, 5.41) is 1.01. The lowest BCUT2D eigenvalue weighted by molar-refractivity contribution is 0.523. The smallest absolute Gasteiger partial charge is 0.251 e. The molecule has 15 heavy (non-hydrogen) atoms. The molecule has 2 aromatic rings. The number of aromatic nitrogens is 2. The summed E-state index contributed by atoms with van der Waals surface area (Å²) in [7, 11) is 0. The molecule has 0 unspecified atom stereocenters. The average molecular weight is 202 g/mol. The molecule has 0 amide bonds. The molecule has 0 aromatic carbocycles. The van der Waals surface area contributed by atoms with Gasteiger partial charge < -0.3 is 4.57 Å². The second-order valence-corrected chi connectivity index (χ2v) is 4.11. The van der Waals surface area contributed by atoms with E-state index in [1.54, 1.807) is 18.5 Å². The fourth-order valence-corrected chi connectivity index (χ4v) is 1.70. The van der Waals surface area contributed by atoms with Crippen LogP contribution < -0.4 is 5.56 Å². The van der Waals surface area contributed by atoms with Gasteiger partial charge in [-0.05, 0) is 18.1 Å². The SMILES string of the molecule is CC(C)Cn1c(=O)ccc2cnccc21. The molecule has 0 fully saturated rings. The van der Waals surface area contributed by atoms with Crippen LogP contribution in [-0.2, 0) is 6.54 Å². The van der Waals surface area contributed by atoms with E-state index in [1.807, 2.05) is 16.7 Å². The highest BCUT2D eigenvalue weighted by Crippen LogP contribution is 2.10. The van der Waals surface area contributed by atoms with Gasteiger partial charge >= 0.3 is 0 Å². The van der Waals surface area contributed by atoms with E-state index in [0.717, 1.165) is 17.4 Å². The Bertz CT molecular complexity index is 528. The van der Waals surface area contributed by atoms with Crippen molar-refractivity contribution in [3.05, 3.63) is 40.9 Å². The number of pyridine rings is 2. The van der Waals surface area contributed by atoms with Crippen molar-refractivity contribution in [3.8, 4) is 0 Å². The zero-order chi connectivity index (χ0) is 10.8. The number of nitrogens with zero attached hydrogens (tertiary/aromatic N) is 2. The van der Waals surface area contributed by atoms with E-state index in [2.05, 4.69) is 18.8 Å². The maximum atomic E-state index is 11.7. The first-order chi connectivity index (χ1) is 7.18. The van der Waals surface area contributed by atoms with Crippen molar-refractivity contribution in [2.75, 3.05) is 0 Å². The summed E-state index contributed by atoms with van der Waals surface area (Å²) in [5.41, 5.74) is 1.02. The quantitative estimate of drug-likeness (QED) is 0.747. The summed E-state index contributed by atoms with van der Waals surface area (Å²) in [6.45, 7) is 4.96. The Morgan fingerprint density at radius 3 is 2.87 bits per heavy atom. The number of hydrogen-bond acceptors (Lipinski definition) is 2. The molecule has 78 valence electrons. The van der Waals surface area contributed by atoms with Gasteiger partial charge in [0.25, 0.3) is 5.56 Å². The molecule has 0 aliphatic rings. The number of fused-ring (bicyclic) bond motifs is 1. The highest BCUT2D eigenvalue weighted by atomic mass is 16.1. The minimum Gasteiger partial charge on any atom is -0.308 e. The molecule has 3 nitrogen and oxygen atoms in total. The van der Waals surface area contributed by atoms with Gasteiger partial charge in [0.05, 0.1) is 5.52 Å². The molecule has 0 N–H and O–H groups in total. The van der Waals surface area contributed by atoms with Gasteiger partial charge in [0.15, 0.2) is 0 Å². The van der Waals surface area contributed by atoms with Crippen molar-refractivity contribution >= 4 is 10.9 Å². The van der Waals surface area contributed by atoms with Gasteiger partial charge in [0.2, 0.25) is 0 Å². The van der Waals surface area contributed by atoms with Gasteiger partial charge in [0.1, 0.15) is 0 Å². The monoisotopic (exact) mass is 202 g/mol. The van der Waals surface area contributed by atoms with Crippen LogP contribution in [0.15, 0.2) is 35.4 Å². The van der Waals surface area contributed by atoms with Crippen LogP contribution >= 0.6 is 0 Å². The maximum Gasteiger partial charge on any atom is 0.251 e. The Hall–Kier alpha value is -1.64. The molecule has 0 saturated carbocycles. The standard InChI is InChI=1S/C12H14N2O/c1-9(2)8-14-11-5-6-13-7-10(11)3-4-12(14)15/h3-7,9H,8H2,1-2H3. The largest absolute Gasteiger partial charge is 0.308 e. The first-order valence-electron chi connectivity index (χ1n) is 5.12. The van der Waals surface area contributed by atoms with Gasteiger partial charge in [0, 0.05) is 30.4 Å². The minimum absolute atomic E-state index is 0.0578. The molecule has 2 heterocycles. The van der Waals surface area contributed by atoms with E-state index in [1.165, 1.54) is 0 Å². The molecule has 0 aliphatic heterocycles. The molecule has 0 radical (unpaired) electrons. The van der Waals surface area contributed by atoms with Gasteiger partial charge in [-0.1, -0.05) is 13.8 Å². The molecule has 2 rings (SSSR count). The van der Waals surface area contributed by atoms with E-state index in [-0.39, 0.29) is 5.56 Å². The minimum atomic E-state index is 0.0578. The second kappa shape index (κ2) is 3.85. The van der Waals surface area contributed by atoms with Gasteiger partial charge in [-0.3, -0.25) is 9.78 Å². The molecule has 2 aromatic heterocycles. The van der Waals surface area contributed by atoms with E-state index in [9.17, 15) is 4.79 Å². The van der Waals surface area contributed by atoms with Gasteiger partial charge in [-0.2, -0.15) is 0 Å². The van der Waals surface area contributed by atoms with Crippen LogP contribution in [0.2, 0.25) is 0 Å². The first kappa shape index (κ1) is 9.90. The van der Waals surface area contributed by atoms with Crippen molar-refractivity contribution in [2.24, 2.45) is 5.92 Å². The van der Waals surface area contributed by atoms with E-state index < -0.39 is 0 Å². The van der Waals surface area contributed by atoms with Crippen molar-refractivity contribution in [2.45, 2.75) is 20.4 Å². The molecular formula is C12H14N2O. The normalized spacial score (nSPS) is 11.1. The Morgan fingerprint density at radius 2 is 2.13 bits per heavy atom. The van der Waals surface area contributed by atoms with Crippen molar-refractivity contribution in [1.29, 1.82) is 0 Å². The van der Waals surface area contributed by atoms with Crippen LogP contribution in [0.5, 0.6) is 0 Å². The number of rotatable bonds is 2. The highest BCUT2D eigenvalue weighted by molar-refractivity contribution is 5.77. The average Bonchev–Trinajstić information content (AvgIpc) is 2.22. The molecule has 3 heteroatoms. The van der Waals surface area contributed by atoms with Crippen LogP contribution in [0.3, 0.4) is 0 Å². The van der Waals surface area contributed by atoms with Crippen LogP contribution in [-0.4, -0.2) is 9.55 Å². The molecule has 0 bridgehead atoms. The number of hydrogen-bond donors (Lipinski definition) is 0. The summed E-state index contributed by atoms with van der Waals surface area (Å²) in [6.07, 6.45) is 3.50. The predicted molar refractivity (Wildman–Crippen MR) is 60.8 cm³/mol. The van der Waals surface area contributed by atoms with Crippen molar-refractivity contribution in [1.82, 2.24) is 9.55 Å². The van der Waals surface area contributed by atoms with E-state index in [0.29, 0.717) is 5.92 Å². The lowest BCUT2D eigenvalue weighted by Gasteiger charge is -2.11. The Morgan fingerprint density at radius 1 is 1.33 bits per heavy atom. The van der Waals surface area contributed by atoms with E-state index >= 15 is 0 Å². The fourth-order valence-electron chi connectivity index (χ4n) is 1.70. The topological polar surface area (TPSA) is 34.9 Å². The highest BCUT2D eigenvalue weighted by Gasteiger charge is 2.04. The molecule has 0 atom stereocenters. The second-order valence-electron chi connectivity index (χ2n) is 4.11. The van der Waals surface area contributed by atoms with Crippen molar-refractivity contribution in [3.63, 3.8) is 0 Å². The summed E-state index contributed by atoms with van der Waals surface area (Å²) >= 11 is 0. The third-order valence-corrected chi connectivity index (χ3v) is 2.34. The van der Waals surface area contributed by atoms with Crippen LogP contribution in [0.1, 0.15) is 13.8 Å². The van der Waals surface area contributed by atoms with Crippen molar-refractivity contribution < 1.29 is 0 Å². The third kappa shape index (κ3) is 1.91. The van der Waals surface area contributed by atoms with Gasteiger partial charge in [-0.25, -0.2) is 0 Å². The Kier molecular flexibility index (Phi) is 2.54. The molecule has 0 saturated heterocycles. The fraction of sp³-hybridized carbons (Fsp3) is 0.333. The van der Waals surface area contributed by atoms with E-state index in [4.69, 9.17) is 0 Å². The zero-order valence-corrected chi connectivity index (χ0v) is 8.97. The Labute approximate surface area is 88.4 Å². The Balaban J connectivity index is 2.68. The summed E-state index contributed by atoms with van der Waals surface area (Å²) in [4.78, 5) is 15.8. The third-order valence-electron chi connectivity index (χ3n) is 2.34. The van der Waals surface area contributed by atoms with Crippen LogP contribution in [0.25, 0.3) is 10.9 Å². The molecule has 0 aliphatic carbocycles.